The van der Waals surface area contributed by atoms with Crippen LogP contribution in [0.1, 0.15) is 25.2 Å². The predicted molar refractivity (Wildman–Crippen MR) is 54.1 cm³/mol. The van der Waals surface area contributed by atoms with Gasteiger partial charge in [-0.15, -0.1) is 0 Å². The molecule has 1 aromatic heterocycles. The molecule has 0 radical (unpaired) electrons. The van der Waals surface area contributed by atoms with Gasteiger partial charge in [0.1, 0.15) is 5.75 Å². The number of hydrogen-bond acceptors (Lipinski definition) is 2. The summed E-state index contributed by atoms with van der Waals surface area (Å²) in [6.07, 6.45) is 0.977. The normalized spacial score (nSPS) is 10.5. The molecule has 0 fully saturated rings. The number of ether oxygens (including phenoxy) is 1. The van der Waals surface area contributed by atoms with E-state index < -0.39 is 0 Å². The molecular formula is C11H17NO. The largest absolute Gasteiger partial charge is 0.495 e. The van der Waals surface area contributed by atoms with E-state index in [1.165, 1.54) is 0 Å². The number of rotatable bonds is 3. The zero-order chi connectivity index (χ0) is 9.84. The second-order valence-electron chi connectivity index (χ2n) is 3.70. The molecule has 1 rings (SSSR count). The molecule has 0 amide bonds. The molecule has 0 N–H and O–H groups in total. The maximum atomic E-state index is 5.24. The van der Waals surface area contributed by atoms with Crippen LogP contribution in [-0.4, -0.2) is 12.1 Å². The molecule has 0 aliphatic carbocycles. The van der Waals surface area contributed by atoms with Gasteiger partial charge in [-0.3, -0.25) is 4.98 Å². The molecule has 0 bridgehead atoms. The molecule has 0 atom stereocenters. The topological polar surface area (TPSA) is 22.1 Å². The summed E-state index contributed by atoms with van der Waals surface area (Å²) in [5.74, 6) is 1.52. The van der Waals surface area contributed by atoms with Crippen LogP contribution < -0.4 is 4.74 Å². The molecule has 0 spiro atoms. The van der Waals surface area contributed by atoms with Crippen molar-refractivity contribution in [3.8, 4) is 5.75 Å². The molecule has 72 valence electrons. The van der Waals surface area contributed by atoms with Gasteiger partial charge in [0.2, 0.25) is 0 Å². The zero-order valence-corrected chi connectivity index (χ0v) is 8.79. The van der Waals surface area contributed by atoms with E-state index in [0.29, 0.717) is 5.92 Å². The van der Waals surface area contributed by atoms with Crippen molar-refractivity contribution < 1.29 is 4.74 Å². The van der Waals surface area contributed by atoms with Gasteiger partial charge in [-0.25, -0.2) is 0 Å². The van der Waals surface area contributed by atoms with Gasteiger partial charge in [-0.1, -0.05) is 13.8 Å². The second kappa shape index (κ2) is 4.26. The number of nitrogens with zero attached hydrogens (tertiary/aromatic N) is 1. The molecule has 1 aromatic rings. The SMILES string of the molecule is COc1ccc(C)nc1CC(C)C. The number of hydrogen-bond donors (Lipinski definition) is 0. The lowest BCUT2D eigenvalue weighted by Gasteiger charge is -2.09. The Morgan fingerprint density at radius 2 is 2.08 bits per heavy atom. The van der Waals surface area contributed by atoms with Gasteiger partial charge in [0.25, 0.3) is 0 Å². The molecule has 0 unspecified atom stereocenters. The highest BCUT2D eigenvalue weighted by Crippen LogP contribution is 2.19. The van der Waals surface area contributed by atoms with Crippen LogP contribution in [0.25, 0.3) is 0 Å². The zero-order valence-electron chi connectivity index (χ0n) is 8.79. The molecule has 13 heavy (non-hydrogen) atoms. The Morgan fingerprint density at radius 1 is 1.38 bits per heavy atom. The minimum atomic E-state index is 0.614. The summed E-state index contributed by atoms with van der Waals surface area (Å²) in [6, 6.07) is 3.96. The maximum absolute atomic E-state index is 5.24. The highest BCUT2D eigenvalue weighted by molar-refractivity contribution is 5.29. The number of aryl methyl sites for hydroxylation is 1. The highest BCUT2D eigenvalue weighted by atomic mass is 16.5. The maximum Gasteiger partial charge on any atom is 0.140 e. The quantitative estimate of drug-likeness (QED) is 0.711. The van der Waals surface area contributed by atoms with Crippen molar-refractivity contribution in [3.63, 3.8) is 0 Å². The average molecular weight is 179 g/mol. The Kier molecular flexibility index (Phi) is 3.29. The van der Waals surface area contributed by atoms with Gasteiger partial charge in [0.05, 0.1) is 12.8 Å². The molecule has 0 aliphatic heterocycles. The first-order valence-corrected chi connectivity index (χ1v) is 4.64. The molecular weight excluding hydrogens is 162 g/mol. The van der Waals surface area contributed by atoms with E-state index in [9.17, 15) is 0 Å². The fourth-order valence-corrected chi connectivity index (χ4v) is 1.32. The molecule has 0 saturated heterocycles. The van der Waals surface area contributed by atoms with Crippen LogP contribution in [0.3, 0.4) is 0 Å². The highest BCUT2D eigenvalue weighted by Gasteiger charge is 2.06. The number of aromatic nitrogens is 1. The van der Waals surface area contributed by atoms with E-state index in [1.807, 2.05) is 19.1 Å². The molecule has 0 aliphatic rings. The van der Waals surface area contributed by atoms with Gasteiger partial charge in [-0.05, 0) is 31.4 Å². The first-order valence-electron chi connectivity index (χ1n) is 4.64. The van der Waals surface area contributed by atoms with Crippen molar-refractivity contribution in [2.45, 2.75) is 27.2 Å². The van der Waals surface area contributed by atoms with Crippen LogP contribution in [0.4, 0.5) is 0 Å². The molecule has 2 nitrogen and oxygen atoms in total. The van der Waals surface area contributed by atoms with E-state index in [2.05, 4.69) is 18.8 Å². The Balaban J connectivity index is 2.94. The lowest BCUT2D eigenvalue weighted by molar-refractivity contribution is 0.403. The lowest BCUT2D eigenvalue weighted by Crippen LogP contribution is -2.01. The summed E-state index contributed by atoms with van der Waals surface area (Å²) in [6.45, 7) is 6.37. The first kappa shape index (κ1) is 10.0. The molecule has 2 heteroatoms. The van der Waals surface area contributed by atoms with Crippen LogP contribution in [0, 0.1) is 12.8 Å². The fraction of sp³-hybridized carbons (Fsp3) is 0.545. The predicted octanol–water partition coefficient (Wildman–Crippen LogP) is 2.60. The van der Waals surface area contributed by atoms with Gasteiger partial charge >= 0.3 is 0 Å². The van der Waals surface area contributed by atoms with Gasteiger partial charge in [0.15, 0.2) is 0 Å². The van der Waals surface area contributed by atoms with E-state index in [0.717, 1.165) is 23.6 Å². The summed E-state index contributed by atoms with van der Waals surface area (Å²) in [4.78, 5) is 4.46. The van der Waals surface area contributed by atoms with Crippen molar-refractivity contribution in [3.05, 3.63) is 23.5 Å². The van der Waals surface area contributed by atoms with Crippen LogP contribution in [0.15, 0.2) is 12.1 Å². The van der Waals surface area contributed by atoms with Crippen molar-refractivity contribution in [1.29, 1.82) is 0 Å². The van der Waals surface area contributed by atoms with Gasteiger partial charge < -0.3 is 4.74 Å². The Labute approximate surface area is 80.0 Å². The monoisotopic (exact) mass is 179 g/mol. The van der Waals surface area contributed by atoms with E-state index in [1.54, 1.807) is 7.11 Å². The van der Waals surface area contributed by atoms with E-state index in [-0.39, 0.29) is 0 Å². The van der Waals surface area contributed by atoms with Crippen LogP contribution in [-0.2, 0) is 6.42 Å². The third kappa shape index (κ3) is 2.72. The first-order chi connectivity index (χ1) is 6.13. The Morgan fingerprint density at radius 3 is 2.62 bits per heavy atom. The van der Waals surface area contributed by atoms with Crippen LogP contribution in [0.2, 0.25) is 0 Å². The van der Waals surface area contributed by atoms with Crippen molar-refractivity contribution >= 4 is 0 Å². The van der Waals surface area contributed by atoms with Crippen molar-refractivity contribution in [1.82, 2.24) is 4.98 Å². The number of pyridine rings is 1. The van der Waals surface area contributed by atoms with Gasteiger partial charge in [0, 0.05) is 5.69 Å². The summed E-state index contributed by atoms with van der Waals surface area (Å²) in [5.41, 5.74) is 2.12. The van der Waals surface area contributed by atoms with Gasteiger partial charge in [-0.2, -0.15) is 0 Å². The number of methoxy groups -OCH3 is 1. The Hall–Kier alpha value is -1.05. The molecule has 0 aromatic carbocycles. The third-order valence-electron chi connectivity index (χ3n) is 1.89. The summed E-state index contributed by atoms with van der Waals surface area (Å²) >= 11 is 0. The fourth-order valence-electron chi connectivity index (χ4n) is 1.32. The lowest BCUT2D eigenvalue weighted by atomic mass is 10.1. The second-order valence-corrected chi connectivity index (χ2v) is 3.70. The summed E-state index contributed by atoms with van der Waals surface area (Å²) in [7, 11) is 1.69. The van der Waals surface area contributed by atoms with E-state index >= 15 is 0 Å². The molecule has 0 saturated carbocycles. The van der Waals surface area contributed by atoms with Crippen LogP contribution in [0.5, 0.6) is 5.75 Å². The molecule has 1 heterocycles. The van der Waals surface area contributed by atoms with E-state index in [4.69, 9.17) is 4.74 Å². The standard InChI is InChI=1S/C11H17NO/c1-8(2)7-10-11(13-4)6-5-9(3)12-10/h5-6,8H,7H2,1-4H3. The van der Waals surface area contributed by atoms with Crippen LogP contribution >= 0.6 is 0 Å². The minimum Gasteiger partial charge on any atom is -0.495 e. The summed E-state index contributed by atoms with van der Waals surface area (Å²) < 4.78 is 5.24. The van der Waals surface area contributed by atoms with Crippen molar-refractivity contribution in [2.75, 3.05) is 7.11 Å². The Bertz CT molecular complexity index is 281. The average Bonchev–Trinajstić information content (AvgIpc) is 2.03. The van der Waals surface area contributed by atoms with Crippen molar-refractivity contribution in [2.24, 2.45) is 5.92 Å². The third-order valence-corrected chi connectivity index (χ3v) is 1.89. The smallest absolute Gasteiger partial charge is 0.140 e. The minimum absolute atomic E-state index is 0.614. The summed E-state index contributed by atoms with van der Waals surface area (Å²) in [5, 5.41) is 0.